The van der Waals surface area contributed by atoms with Crippen LogP contribution < -0.4 is 0 Å². The molecule has 0 radical (unpaired) electrons. The molecule has 0 aromatic heterocycles. The summed E-state index contributed by atoms with van der Waals surface area (Å²) >= 11 is 0. The zero-order valence-electron chi connectivity index (χ0n) is 10.8. The van der Waals surface area contributed by atoms with E-state index in [1.807, 2.05) is 0 Å². The molecule has 0 heterocycles. The van der Waals surface area contributed by atoms with Crippen LogP contribution in [0.5, 0.6) is 0 Å². The molecule has 0 N–H and O–H groups in total. The third-order valence-electron chi connectivity index (χ3n) is 4.44. The Labute approximate surface area is 106 Å². The first-order valence-corrected chi connectivity index (χ1v) is 6.25. The summed E-state index contributed by atoms with van der Waals surface area (Å²) in [5.74, 6) is -1.29. The number of Topliss-reactive ketones (excluding diaryl/α,β-unsaturated/α-hetero) is 1. The number of methoxy groups -OCH3 is 2. The van der Waals surface area contributed by atoms with Crippen LogP contribution in [0.3, 0.4) is 0 Å². The highest BCUT2D eigenvalue weighted by Gasteiger charge is 2.63. The number of ether oxygens (including phenoxy) is 2. The van der Waals surface area contributed by atoms with E-state index >= 15 is 0 Å². The molecule has 18 heavy (non-hydrogen) atoms. The van der Waals surface area contributed by atoms with Gasteiger partial charge in [-0.15, -0.1) is 0 Å². The van der Waals surface area contributed by atoms with Gasteiger partial charge in [-0.2, -0.15) is 0 Å². The van der Waals surface area contributed by atoms with Crippen LogP contribution in [0.25, 0.3) is 0 Å². The van der Waals surface area contributed by atoms with Crippen molar-refractivity contribution < 1.29 is 23.9 Å². The fraction of sp³-hybridized carbons (Fsp3) is 0.769. The molecule has 2 bridgehead atoms. The first-order chi connectivity index (χ1) is 8.53. The molecule has 0 aliphatic heterocycles. The van der Waals surface area contributed by atoms with Gasteiger partial charge < -0.3 is 9.47 Å². The van der Waals surface area contributed by atoms with Gasteiger partial charge in [0.1, 0.15) is 10.8 Å². The normalized spacial score (nSPS) is 34.9. The van der Waals surface area contributed by atoms with Crippen LogP contribution in [0.15, 0.2) is 0 Å². The van der Waals surface area contributed by atoms with Crippen LogP contribution in [0.4, 0.5) is 0 Å². The zero-order chi connectivity index (χ0) is 13.4. The first kappa shape index (κ1) is 13.1. The molecule has 0 aromatic rings. The summed E-state index contributed by atoms with van der Waals surface area (Å²) in [6, 6.07) is 0. The van der Waals surface area contributed by atoms with Gasteiger partial charge in [0.2, 0.25) is 0 Å². The lowest BCUT2D eigenvalue weighted by Gasteiger charge is -2.46. The molecule has 0 aromatic carbocycles. The van der Waals surface area contributed by atoms with E-state index in [4.69, 9.17) is 9.47 Å². The van der Waals surface area contributed by atoms with E-state index in [0.29, 0.717) is 38.5 Å². The standard InChI is InChI=1S/C13H18O5/c1-17-10(15)12-5-3-7-13(9(12)14,8-4-6-12)11(16)18-2/h3-8H2,1-2H3. The van der Waals surface area contributed by atoms with E-state index < -0.39 is 22.8 Å². The van der Waals surface area contributed by atoms with E-state index in [1.165, 1.54) is 14.2 Å². The summed E-state index contributed by atoms with van der Waals surface area (Å²) in [7, 11) is 2.57. The summed E-state index contributed by atoms with van der Waals surface area (Å²) in [5, 5.41) is 0. The molecule has 2 saturated carbocycles. The van der Waals surface area contributed by atoms with E-state index in [1.54, 1.807) is 0 Å². The van der Waals surface area contributed by atoms with Crippen molar-refractivity contribution >= 4 is 17.7 Å². The highest BCUT2D eigenvalue weighted by Crippen LogP contribution is 2.53. The van der Waals surface area contributed by atoms with Gasteiger partial charge in [0, 0.05) is 0 Å². The molecule has 2 aliphatic carbocycles. The molecule has 0 amide bonds. The lowest BCUT2D eigenvalue weighted by molar-refractivity contribution is -0.178. The SMILES string of the molecule is COC(=O)C12CCCC(C(=O)OC)(CCC1)C2=O. The van der Waals surface area contributed by atoms with Crippen molar-refractivity contribution in [2.24, 2.45) is 10.8 Å². The monoisotopic (exact) mass is 254 g/mol. The predicted molar refractivity (Wildman–Crippen MR) is 61.6 cm³/mol. The highest BCUT2D eigenvalue weighted by atomic mass is 16.5. The van der Waals surface area contributed by atoms with Crippen LogP contribution in [-0.2, 0) is 23.9 Å². The van der Waals surface area contributed by atoms with Crippen LogP contribution in [0.1, 0.15) is 38.5 Å². The van der Waals surface area contributed by atoms with Gasteiger partial charge >= 0.3 is 11.9 Å². The predicted octanol–water partition coefficient (Wildman–Crippen LogP) is 1.24. The number of esters is 2. The van der Waals surface area contributed by atoms with E-state index in [-0.39, 0.29) is 5.78 Å². The number of carbonyl (C=O) groups excluding carboxylic acids is 3. The van der Waals surface area contributed by atoms with Crippen LogP contribution in [0, 0.1) is 10.8 Å². The third kappa shape index (κ3) is 1.49. The Morgan fingerprint density at radius 2 is 1.22 bits per heavy atom. The molecule has 5 nitrogen and oxygen atoms in total. The minimum atomic E-state index is -1.11. The Bertz CT molecular complexity index is 354. The molecule has 0 saturated heterocycles. The van der Waals surface area contributed by atoms with Crippen molar-refractivity contribution in [3.8, 4) is 0 Å². The Morgan fingerprint density at radius 1 is 0.889 bits per heavy atom. The molecule has 0 spiro atoms. The van der Waals surface area contributed by atoms with E-state index in [9.17, 15) is 14.4 Å². The van der Waals surface area contributed by atoms with Gasteiger partial charge in [0.05, 0.1) is 14.2 Å². The van der Waals surface area contributed by atoms with Crippen LogP contribution in [0.2, 0.25) is 0 Å². The number of carbonyl (C=O) groups is 3. The maximum atomic E-state index is 12.7. The van der Waals surface area contributed by atoms with Crippen molar-refractivity contribution in [2.75, 3.05) is 14.2 Å². The second-order valence-electron chi connectivity index (χ2n) is 5.18. The van der Waals surface area contributed by atoms with E-state index in [2.05, 4.69) is 0 Å². The van der Waals surface area contributed by atoms with Crippen molar-refractivity contribution in [1.29, 1.82) is 0 Å². The average molecular weight is 254 g/mol. The Morgan fingerprint density at radius 3 is 1.50 bits per heavy atom. The number of hydrogen-bond acceptors (Lipinski definition) is 5. The highest BCUT2D eigenvalue weighted by molar-refractivity contribution is 6.15. The minimum Gasteiger partial charge on any atom is -0.468 e. The summed E-state index contributed by atoms with van der Waals surface area (Å²) in [4.78, 5) is 36.6. The number of fused-ring (bicyclic) bond motifs is 2. The Hall–Kier alpha value is -1.39. The summed E-state index contributed by atoms with van der Waals surface area (Å²) in [6.45, 7) is 0. The molecule has 2 fully saturated rings. The third-order valence-corrected chi connectivity index (χ3v) is 4.44. The van der Waals surface area contributed by atoms with Crippen molar-refractivity contribution in [3.05, 3.63) is 0 Å². The first-order valence-electron chi connectivity index (χ1n) is 6.25. The maximum absolute atomic E-state index is 12.7. The number of hydrogen-bond donors (Lipinski definition) is 0. The Kier molecular flexibility index (Phi) is 3.17. The topological polar surface area (TPSA) is 69.7 Å². The van der Waals surface area contributed by atoms with Crippen molar-refractivity contribution in [2.45, 2.75) is 38.5 Å². The second-order valence-corrected chi connectivity index (χ2v) is 5.18. The lowest BCUT2D eigenvalue weighted by Crippen LogP contribution is -2.58. The fourth-order valence-electron chi connectivity index (χ4n) is 3.53. The average Bonchev–Trinajstić information content (AvgIpc) is 2.37. The lowest BCUT2D eigenvalue weighted by atomic mass is 9.53. The van der Waals surface area contributed by atoms with Gasteiger partial charge in [-0.05, 0) is 25.7 Å². The van der Waals surface area contributed by atoms with Gasteiger partial charge in [-0.1, -0.05) is 12.8 Å². The van der Waals surface area contributed by atoms with Crippen LogP contribution in [-0.4, -0.2) is 31.9 Å². The van der Waals surface area contributed by atoms with Gasteiger partial charge in [0.15, 0.2) is 5.78 Å². The zero-order valence-corrected chi connectivity index (χ0v) is 10.8. The molecular weight excluding hydrogens is 236 g/mol. The minimum absolute atomic E-state index is 0.286. The van der Waals surface area contributed by atoms with E-state index in [0.717, 1.165) is 0 Å². The van der Waals surface area contributed by atoms with Gasteiger partial charge in [-0.3, -0.25) is 14.4 Å². The van der Waals surface area contributed by atoms with Crippen LogP contribution >= 0.6 is 0 Å². The fourth-order valence-corrected chi connectivity index (χ4v) is 3.53. The molecule has 0 atom stereocenters. The molecule has 2 rings (SSSR count). The van der Waals surface area contributed by atoms with Gasteiger partial charge in [0.25, 0.3) is 0 Å². The molecule has 5 heteroatoms. The summed E-state index contributed by atoms with van der Waals surface area (Å²) < 4.78 is 9.57. The summed E-state index contributed by atoms with van der Waals surface area (Å²) in [6.07, 6.45) is 3.29. The largest absolute Gasteiger partial charge is 0.468 e. The van der Waals surface area contributed by atoms with Crippen molar-refractivity contribution in [3.63, 3.8) is 0 Å². The maximum Gasteiger partial charge on any atom is 0.319 e. The molecule has 2 aliphatic rings. The number of rotatable bonds is 2. The smallest absolute Gasteiger partial charge is 0.319 e. The number of ketones is 1. The summed E-state index contributed by atoms with van der Waals surface area (Å²) in [5.41, 5.74) is -2.22. The molecular formula is C13H18O5. The molecule has 0 unspecified atom stereocenters. The second kappa shape index (κ2) is 4.37. The molecule has 100 valence electrons. The quantitative estimate of drug-likeness (QED) is 0.547. The van der Waals surface area contributed by atoms with Crippen molar-refractivity contribution in [1.82, 2.24) is 0 Å². The van der Waals surface area contributed by atoms with Gasteiger partial charge in [-0.25, -0.2) is 0 Å². The Balaban J connectivity index is 2.44.